The molecule has 0 aliphatic carbocycles. The molecule has 3 rings (SSSR count). The summed E-state index contributed by atoms with van der Waals surface area (Å²) in [5, 5.41) is 10.2. The molecule has 2 heterocycles. The highest BCUT2D eigenvalue weighted by Gasteiger charge is 2.16. The van der Waals surface area contributed by atoms with E-state index < -0.39 is 0 Å². The van der Waals surface area contributed by atoms with Crippen LogP contribution >= 0.6 is 57.1 Å². The molecule has 3 N–H and O–H groups in total. The molecule has 0 radical (unpaired) electrons. The highest BCUT2D eigenvalue weighted by molar-refractivity contribution is 14.1. The van der Waals surface area contributed by atoms with E-state index in [0.29, 0.717) is 15.9 Å². The minimum absolute atomic E-state index is 0.444. The van der Waals surface area contributed by atoms with Crippen molar-refractivity contribution >= 4 is 62.9 Å². The molecule has 0 atom stereocenters. The normalized spacial score (nSPS) is 10.9. The summed E-state index contributed by atoms with van der Waals surface area (Å²) in [5.74, 6) is 0.444. The van der Waals surface area contributed by atoms with E-state index in [2.05, 4.69) is 44.2 Å². The predicted octanol–water partition coefficient (Wildman–Crippen LogP) is 5.30. The molecule has 0 saturated heterocycles. The van der Waals surface area contributed by atoms with Crippen LogP contribution in [0.2, 0.25) is 10.0 Å². The fraction of sp³-hybridized carbons (Fsp3) is 0. The minimum atomic E-state index is 0.444. The second kappa shape index (κ2) is 5.55. The lowest BCUT2D eigenvalue weighted by atomic mass is 10.0. The molecule has 3 nitrogen and oxygen atoms in total. The van der Waals surface area contributed by atoms with E-state index in [-0.39, 0.29) is 0 Å². The van der Waals surface area contributed by atoms with Gasteiger partial charge in [-0.2, -0.15) is 5.10 Å². The summed E-state index contributed by atoms with van der Waals surface area (Å²) in [6.07, 6.45) is 0. The van der Waals surface area contributed by atoms with Crippen molar-refractivity contribution in [1.82, 2.24) is 10.2 Å². The van der Waals surface area contributed by atoms with Crippen molar-refractivity contribution in [1.29, 1.82) is 0 Å². The molecule has 0 fully saturated rings. The zero-order valence-electron chi connectivity index (χ0n) is 9.95. The number of H-pyrrole nitrogens is 1. The van der Waals surface area contributed by atoms with Gasteiger partial charge in [-0.1, -0.05) is 29.3 Å². The molecular weight excluding hydrogens is 428 g/mol. The maximum absolute atomic E-state index is 6.08. The molecule has 0 unspecified atom stereocenters. The summed E-state index contributed by atoms with van der Waals surface area (Å²) in [6.45, 7) is 0. The largest absolute Gasteiger partial charge is 0.382 e. The first kappa shape index (κ1) is 14.2. The smallest absolute Gasteiger partial charge is 0.153 e. The van der Waals surface area contributed by atoms with Crippen molar-refractivity contribution in [2.75, 3.05) is 5.73 Å². The van der Waals surface area contributed by atoms with E-state index in [1.807, 2.05) is 6.07 Å². The number of aromatic nitrogens is 2. The monoisotopic (exact) mass is 435 g/mol. The Morgan fingerprint density at radius 2 is 1.95 bits per heavy atom. The maximum atomic E-state index is 6.08. The SMILES string of the molecule is Nc1n[nH]c(-c2csc(I)c2)c1-c1ccc(Cl)c(Cl)c1. The van der Waals surface area contributed by atoms with Gasteiger partial charge in [-0.15, -0.1) is 11.3 Å². The summed E-state index contributed by atoms with van der Waals surface area (Å²) in [4.78, 5) is 0. The maximum Gasteiger partial charge on any atom is 0.153 e. The van der Waals surface area contributed by atoms with Crippen LogP contribution in [0.3, 0.4) is 0 Å². The molecule has 0 aliphatic heterocycles. The molecule has 0 spiro atoms. The molecule has 0 aliphatic rings. The van der Waals surface area contributed by atoms with Crippen molar-refractivity contribution in [3.05, 3.63) is 42.6 Å². The lowest BCUT2D eigenvalue weighted by molar-refractivity contribution is 1.10. The fourth-order valence-electron chi connectivity index (χ4n) is 1.95. The highest BCUT2D eigenvalue weighted by Crippen LogP contribution is 2.38. The number of nitrogens with two attached hydrogens (primary N) is 1. The standard InChI is InChI=1S/C13H8Cl2IN3S/c14-8-2-1-6(3-9(8)15)11-12(18-19-13(11)17)7-4-10(16)20-5-7/h1-5H,(H3,17,18,19). The Hall–Kier alpha value is -0.760. The van der Waals surface area contributed by atoms with Gasteiger partial charge >= 0.3 is 0 Å². The number of rotatable bonds is 2. The van der Waals surface area contributed by atoms with Gasteiger partial charge in [0, 0.05) is 10.9 Å². The first-order valence-electron chi connectivity index (χ1n) is 5.60. The molecule has 7 heteroatoms. The lowest BCUT2D eigenvalue weighted by Gasteiger charge is -2.05. The summed E-state index contributed by atoms with van der Waals surface area (Å²) in [6, 6.07) is 7.52. The van der Waals surface area contributed by atoms with Crippen LogP contribution in [0.5, 0.6) is 0 Å². The van der Waals surface area contributed by atoms with Gasteiger partial charge in [-0.3, -0.25) is 5.10 Å². The van der Waals surface area contributed by atoms with Crippen LogP contribution in [-0.4, -0.2) is 10.2 Å². The van der Waals surface area contributed by atoms with Gasteiger partial charge < -0.3 is 5.73 Å². The molecule has 102 valence electrons. The van der Waals surface area contributed by atoms with Gasteiger partial charge in [0.1, 0.15) is 0 Å². The van der Waals surface area contributed by atoms with E-state index in [9.17, 15) is 0 Å². The van der Waals surface area contributed by atoms with Crippen LogP contribution in [0.1, 0.15) is 0 Å². The number of anilines is 1. The van der Waals surface area contributed by atoms with E-state index in [1.165, 1.54) is 2.88 Å². The van der Waals surface area contributed by atoms with Crippen LogP contribution in [0.25, 0.3) is 22.4 Å². The number of hydrogen-bond acceptors (Lipinski definition) is 3. The Labute approximate surface area is 143 Å². The fourth-order valence-corrected chi connectivity index (χ4v) is 3.59. The number of nitrogen functional groups attached to an aromatic ring is 1. The quantitative estimate of drug-likeness (QED) is 0.536. The number of nitrogens with zero attached hydrogens (tertiary/aromatic N) is 1. The third-order valence-electron chi connectivity index (χ3n) is 2.86. The minimum Gasteiger partial charge on any atom is -0.382 e. The zero-order chi connectivity index (χ0) is 14.3. The first-order chi connectivity index (χ1) is 9.56. The van der Waals surface area contributed by atoms with Crippen molar-refractivity contribution in [2.24, 2.45) is 0 Å². The van der Waals surface area contributed by atoms with Gasteiger partial charge in [-0.25, -0.2) is 0 Å². The Bertz CT molecular complexity index is 782. The summed E-state index contributed by atoms with van der Waals surface area (Å²) in [5.41, 5.74) is 9.67. The van der Waals surface area contributed by atoms with Crippen LogP contribution in [0.15, 0.2) is 29.6 Å². The van der Waals surface area contributed by atoms with Gasteiger partial charge in [0.15, 0.2) is 5.82 Å². The van der Waals surface area contributed by atoms with Crippen molar-refractivity contribution in [2.45, 2.75) is 0 Å². The molecule has 0 bridgehead atoms. The van der Waals surface area contributed by atoms with Gasteiger partial charge in [0.25, 0.3) is 0 Å². The second-order valence-corrected chi connectivity index (χ2v) is 7.75. The van der Waals surface area contributed by atoms with E-state index >= 15 is 0 Å². The molecule has 20 heavy (non-hydrogen) atoms. The molecule has 3 aromatic rings. The third-order valence-corrected chi connectivity index (χ3v) is 5.39. The van der Waals surface area contributed by atoms with Crippen molar-refractivity contribution in [3.8, 4) is 22.4 Å². The zero-order valence-corrected chi connectivity index (χ0v) is 14.4. The van der Waals surface area contributed by atoms with Crippen LogP contribution in [0.4, 0.5) is 5.82 Å². The average molecular weight is 436 g/mol. The topological polar surface area (TPSA) is 54.7 Å². The first-order valence-corrected chi connectivity index (χ1v) is 8.31. The molecule has 2 aromatic heterocycles. The van der Waals surface area contributed by atoms with Crippen LogP contribution < -0.4 is 5.73 Å². The van der Waals surface area contributed by atoms with Gasteiger partial charge in [-0.05, 0) is 46.4 Å². The predicted molar refractivity (Wildman–Crippen MR) is 94.5 cm³/mol. The third kappa shape index (κ3) is 2.55. The number of hydrogen-bond donors (Lipinski definition) is 2. The summed E-state index contributed by atoms with van der Waals surface area (Å²) >= 11 is 16.0. The van der Waals surface area contributed by atoms with Gasteiger partial charge in [0.05, 0.1) is 24.2 Å². The number of benzene rings is 1. The summed E-state index contributed by atoms with van der Waals surface area (Å²) < 4.78 is 1.20. The van der Waals surface area contributed by atoms with Crippen molar-refractivity contribution in [3.63, 3.8) is 0 Å². The second-order valence-electron chi connectivity index (χ2n) is 4.13. The number of thiophene rings is 1. The Balaban J connectivity index is 2.18. The van der Waals surface area contributed by atoms with Crippen LogP contribution in [0, 0.1) is 2.88 Å². The van der Waals surface area contributed by atoms with E-state index in [1.54, 1.807) is 23.5 Å². The molecular formula is C13H8Cl2IN3S. The Kier molecular flexibility index (Phi) is 3.94. The molecule has 0 amide bonds. The van der Waals surface area contributed by atoms with E-state index in [0.717, 1.165) is 22.4 Å². The van der Waals surface area contributed by atoms with Gasteiger partial charge in [0.2, 0.25) is 0 Å². The Morgan fingerprint density at radius 3 is 2.60 bits per heavy atom. The van der Waals surface area contributed by atoms with Crippen molar-refractivity contribution < 1.29 is 0 Å². The highest BCUT2D eigenvalue weighted by atomic mass is 127. The lowest BCUT2D eigenvalue weighted by Crippen LogP contribution is -1.88. The molecule has 1 aromatic carbocycles. The number of nitrogens with one attached hydrogen (secondary N) is 1. The number of halogens is 3. The Morgan fingerprint density at radius 1 is 1.15 bits per heavy atom. The average Bonchev–Trinajstić information content (AvgIpc) is 2.99. The summed E-state index contributed by atoms with van der Waals surface area (Å²) in [7, 11) is 0. The van der Waals surface area contributed by atoms with E-state index in [4.69, 9.17) is 28.9 Å². The number of aromatic amines is 1. The van der Waals surface area contributed by atoms with Crippen LogP contribution in [-0.2, 0) is 0 Å². The molecule has 0 saturated carbocycles.